The Balaban J connectivity index is 1.83. The summed E-state index contributed by atoms with van der Waals surface area (Å²) in [6.07, 6.45) is 1.60. The van der Waals surface area contributed by atoms with E-state index in [9.17, 15) is 9.59 Å². The van der Waals surface area contributed by atoms with Crippen LogP contribution in [0.5, 0.6) is 0 Å². The maximum Gasteiger partial charge on any atom is 0.263 e. The van der Waals surface area contributed by atoms with Crippen molar-refractivity contribution in [3.05, 3.63) is 60.6 Å². The highest BCUT2D eigenvalue weighted by Crippen LogP contribution is 2.41. The quantitative estimate of drug-likeness (QED) is 0.198. The number of allylic oxidation sites excluding steroid dienone is 1. The second-order valence-electron chi connectivity index (χ2n) is 5.42. The third kappa shape index (κ3) is 4.35. The number of thiophene rings is 1. The van der Waals surface area contributed by atoms with Crippen LogP contribution in [0.2, 0.25) is 20.1 Å². The Hall–Kier alpha value is -1.22. The number of rotatable bonds is 6. The summed E-state index contributed by atoms with van der Waals surface area (Å²) in [4.78, 5) is 30.1. The molecule has 0 aliphatic rings. The number of nitrogens with zero attached hydrogens (tertiary/aromatic N) is 2. The summed E-state index contributed by atoms with van der Waals surface area (Å²) >= 11 is 26.6. The number of nitrogens with one attached hydrogen (secondary N) is 1. The van der Waals surface area contributed by atoms with Gasteiger partial charge in [0.2, 0.25) is 5.91 Å². The average molecular weight is 495 g/mol. The first kappa shape index (κ1) is 21.5. The van der Waals surface area contributed by atoms with Gasteiger partial charge < -0.3 is 5.32 Å². The van der Waals surface area contributed by atoms with Gasteiger partial charge in [-0.3, -0.25) is 14.2 Å². The maximum absolute atomic E-state index is 12.6. The Morgan fingerprint density at radius 3 is 2.61 bits per heavy atom. The van der Waals surface area contributed by atoms with Crippen LogP contribution in [-0.4, -0.2) is 21.2 Å². The summed E-state index contributed by atoms with van der Waals surface area (Å²) < 4.78 is 1.47. The van der Waals surface area contributed by atoms with Gasteiger partial charge in [0.25, 0.3) is 5.56 Å². The van der Waals surface area contributed by atoms with E-state index in [4.69, 9.17) is 46.4 Å². The molecule has 0 saturated heterocycles. The monoisotopic (exact) mass is 493 g/mol. The highest BCUT2D eigenvalue weighted by atomic mass is 35.5. The molecule has 1 aromatic carbocycles. The Kier molecular flexibility index (Phi) is 6.96. The third-order valence-electron chi connectivity index (χ3n) is 3.57. The number of anilines is 1. The largest absolute Gasteiger partial charge is 0.323 e. The first-order valence-electron chi connectivity index (χ1n) is 7.68. The third-order valence-corrected chi connectivity index (χ3v) is 6.93. The van der Waals surface area contributed by atoms with Crippen molar-refractivity contribution in [2.24, 2.45) is 0 Å². The number of fused-ring (bicyclic) bond motifs is 1. The number of amides is 1. The van der Waals surface area contributed by atoms with Crippen LogP contribution in [0.25, 0.3) is 10.2 Å². The lowest BCUT2D eigenvalue weighted by molar-refractivity contribution is -0.113. The topological polar surface area (TPSA) is 64.0 Å². The highest BCUT2D eigenvalue weighted by Gasteiger charge is 2.18. The van der Waals surface area contributed by atoms with Gasteiger partial charge in [-0.1, -0.05) is 64.2 Å². The van der Waals surface area contributed by atoms with E-state index < -0.39 is 5.91 Å². The van der Waals surface area contributed by atoms with Crippen LogP contribution < -0.4 is 10.9 Å². The van der Waals surface area contributed by atoms with Crippen molar-refractivity contribution < 1.29 is 4.79 Å². The first-order chi connectivity index (χ1) is 13.3. The van der Waals surface area contributed by atoms with Crippen LogP contribution >= 0.6 is 69.5 Å². The van der Waals surface area contributed by atoms with Gasteiger partial charge in [0, 0.05) is 6.54 Å². The minimum atomic E-state index is -0.405. The van der Waals surface area contributed by atoms with Gasteiger partial charge in [-0.2, -0.15) is 0 Å². The normalized spacial score (nSPS) is 11.0. The number of hydrogen-bond acceptors (Lipinski definition) is 5. The number of carbonyl (C=O) groups is 1. The molecule has 1 N–H and O–H groups in total. The molecule has 5 nitrogen and oxygen atoms in total. The Morgan fingerprint density at radius 2 is 1.96 bits per heavy atom. The van der Waals surface area contributed by atoms with Gasteiger partial charge in [-0.15, -0.1) is 17.9 Å². The molecule has 0 unspecified atom stereocenters. The molecule has 0 fully saturated rings. The van der Waals surface area contributed by atoms with Gasteiger partial charge in [0.15, 0.2) is 5.16 Å². The molecule has 0 aliphatic carbocycles. The van der Waals surface area contributed by atoms with Crippen LogP contribution in [0.3, 0.4) is 0 Å². The molecule has 11 heteroatoms. The molecule has 0 bridgehead atoms. The highest BCUT2D eigenvalue weighted by molar-refractivity contribution is 7.99. The van der Waals surface area contributed by atoms with Crippen molar-refractivity contribution in [3.8, 4) is 0 Å². The van der Waals surface area contributed by atoms with Crippen molar-refractivity contribution in [2.75, 3.05) is 11.1 Å². The molecule has 2 aromatic heterocycles. The molecule has 0 aliphatic heterocycles. The number of halogens is 4. The van der Waals surface area contributed by atoms with Crippen LogP contribution in [-0.2, 0) is 11.3 Å². The van der Waals surface area contributed by atoms with Crippen LogP contribution in [0.15, 0.2) is 40.1 Å². The zero-order valence-electron chi connectivity index (χ0n) is 14.0. The van der Waals surface area contributed by atoms with E-state index in [1.54, 1.807) is 17.5 Å². The van der Waals surface area contributed by atoms with Crippen LogP contribution in [0.4, 0.5) is 5.69 Å². The molecule has 0 radical (unpaired) electrons. The van der Waals surface area contributed by atoms with E-state index in [1.807, 2.05) is 0 Å². The average Bonchev–Trinajstić information content (AvgIpc) is 3.13. The van der Waals surface area contributed by atoms with Crippen LogP contribution in [0, 0.1) is 0 Å². The van der Waals surface area contributed by atoms with E-state index >= 15 is 0 Å². The lowest BCUT2D eigenvalue weighted by Crippen LogP contribution is -2.23. The van der Waals surface area contributed by atoms with Gasteiger partial charge in [-0.25, -0.2) is 4.98 Å². The van der Waals surface area contributed by atoms with Crippen molar-refractivity contribution in [2.45, 2.75) is 11.7 Å². The van der Waals surface area contributed by atoms with E-state index in [1.165, 1.54) is 22.0 Å². The predicted molar refractivity (Wildman–Crippen MR) is 120 cm³/mol. The molecule has 2 heterocycles. The predicted octanol–water partition coefficient (Wildman–Crippen LogP) is 5.99. The molecule has 1 amide bonds. The standard InChI is InChI=1S/C17H11Cl4N3O2S2/c1-2-4-24-16(26)8-3-5-27-15(8)23-17(24)28-7-11(25)22-14-12(20)9(18)6-10(19)13(14)21/h2-3,5-6H,1,4,7H2,(H,22,25). The van der Waals surface area contributed by atoms with Gasteiger partial charge >= 0.3 is 0 Å². The second kappa shape index (κ2) is 9.07. The number of thioether (sulfide) groups is 1. The van der Waals surface area contributed by atoms with Crippen molar-refractivity contribution in [3.63, 3.8) is 0 Å². The minimum Gasteiger partial charge on any atom is -0.323 e. The summed E-state index contributed by atoms with van der Waals surface area (Å²) in [5, 5.41) is 5.88. The van der Waals surface area contributed by atoms with Crippen molar-refractivity contribution in [1.82, 2.24) is 9.55 Å². The number of carbonyl (C=O) groups excluding carboxylic acids is 1. The van der Waals surface area contributed by atoms with Gasteiger partial charge in [0.1, 0.15) is 4.83 Å². The smallest absolute Gasteiger partial charge is 0.263 e. The Bertz CT molecular complexity index is 1120. The zero-order valence-corrected chi connectivity index (χ0v) is 18.6. The number of hydrogen-bond donors (Lipinski definition) is 1. The fraction of sp³-hybridized carbons (Fsp3) is 0.118. The van der Waals surface area contributed by atoms with E-state index in [0.717, 1.165) is 11.8 Å². The molecule has 0 spiro atoms. The lowest BCUT2D eigenvalue weighted by Gasteiger charge is -2.13. The minimum absolute atomic E-state index is 0.0305. The fourth-order valence-corrected chi connectivity index (χ4v) is 4.84. The second-order valence-corrected chi connectivity index (χ2v) is 8.83. The van der Waals surface area contributed by atoms with Gasteiger partial charge in [0.05, 0.1) is 36.9 Å². The first-order valence-corrected chi connectivity index (χ1v) is 11.1. The summed E-state index contributed by atoms with van der Waals surface area (Å²) in [6.45, 7) is 3.95. The molecule has 28 heavy (non-hydrogen) atoms. The molecule has 0 atom stereocenters. The lowest BCUT2D eigenvalue weighted by atomic mass is 10.3. The van der Waals surface area contributed by atoms with Crippen LogP contribution in [0.1, 0.15) is 0 Å². The van der Waals surface area contributed by atoms with Crippen molar-refractivity contribution in [1.29, 1.82) is 0 Å². The molecular formula is C17H11Cl4N3O2S2. The summed E-state index contributed by atoms with van der Waals surface area (Å²) in [7, 11) is 0. The molecule has 3 aromatic rings. The number of aromatic nitrogens is 2. The van der Waals surface area contributed by atoms with Gasteiger partial charge in [-0.05, 0) is 17.5 Å². The number of benzene rings is 1. The Labute approximate surface area is 188 Å². The van der Waals surface area contributed by atoms with Crippen molar-refractivity contribution >= 4 is 91.3 Å². The zero-order chi connectivity index (χ0) is 20.4. The van der Waals surface area contributed by atoms with E-state index in [2.05, 4.69) is 16.9 Å². The van der Waals surface area contributed by atoms with E-state index in [0.29, 0.717) is 15.4 Å². The fourth-order valence-electron chi connectivity index (χ4n) is 2.32. The summed E-state index contributed by atoms with van der Waals surface area (Å²) in [5.41, 5.74) is -0.0432. The molecular weight excluding hydrogens is 484 g/mol. The molecule has 0 saturated carbocycles. The SMILES string of the molecule is C=CCn1c(SCC(=O)Nc2c(Cl)c(Cl)cc(Cl)c2Cl)nc2sccc2c1=O. The molecule has 146 valence electrons. The Morgan fingerprint density at radius 1 is 1.29 bits per heavy atom. The molecule has 3 rings (SSSR count). The summed E-state index contributed by atoms with van der Waals surface area (Å²) in [6, 6.07) is 3.12. The maximum atomic E-state index is 12.6. The summed E-state index contributed by atoms with van der Waals surface area (Å²) in [5.74, 6) is -0.435. The van der Waals surface area contributed by atoms with E-state index in [-0.39, 0.29) is 43.6 Å².